The number of hydrogen-bond acceptors (Lipinski definition) is 5. The number of carbonyl (C=O) groups is 1. The zero-order valence-corrected chi connectivity index (χ0v) is 18.6. The summed E-state index contributed by atoms with van der Waals surface area (Å²) >= 11 is 0. The number of benzene rings is 2. The highest BCUT2D eigenvalue weighted by molar-refractivity contribution is 6.08. The molecule has 7 heteroatoms. The summed E-state index contributed by atoms with van der Waals surface area (Å²) in [6.07, 6.45) is 9.56. The first-order chi connectivity index (χ1) is 16.1. The summed E-state index contributed by atoms with van der Waals surface area (Å²) in [6, 6.07) is 11.8. The van der Waals surface area contributed by atoms with E-state index >= 15 is 0 Å². The molecule has 4 aliphatic rings. The van der Waals surface area contributed by atoms with Crippen molar-refractivity contribution in [2.24, 2.45) is 17.3 Å². The van der Waals surface area contributed by atoms with Gasteiger partial charge in [-0.05, 0) is 62.5 Å². The number of aromatic nitrogens is 3. The van der Waals surface area contributed by atoms with E-state index in [-0.39, 0.29) is 16.9 Å². The van der Waals surface area contributed by atoms with Crippen molar-refractivity contribution < 1.29 is 13.9 Å². The second-order valence-electron chi connectivity index (χ2n) is 10.4. The number of anilines is 1. The zero-order valence-electron chi connectivity index (χ0n) is 18.6. The van der Waals surface area contributed by atoms with Gasteiger partial charge in [-0.1, -0.05) is 18.2 Å². The Bertz CT molecular complexity index is 1380. The van der Waals surface area contributed by atoms with Gasteiger partial charge < -0.3 is 14.5 Å². The number of fused-ring (bicyclic) bond motifs is 3. The molecule has 33 heavy (non-hydrogen) atoms. The fourth-order valence-corrected chi connectivity index (χ4v) is 7.47. The number of ether oxygens (including phenoxy) is 1. The number of carbonyl (C=O) groups excluding carboxylic acids is 1. The fraction of sp³-hybridized carbons (Fsp3) is 0.423. The third kappa shape index (κ3) is 2.71. The van der Waals surface area contributed by atoms with Crippen molar-refractivity contribution in [2.45, 2.75) is 44.1 Å². The van der Waals surface area contributed by atoms with Gasteiger partial charge >= 0.3 is 0 Å². The molecule has 8 rings (SSSR count). The fourth-order valence-electron chi connectivity index (χ4n) is 7.47. The van der Waals surface area contributed by atoms with Gasteiger partial charge in [-0.25, -0.2) is 9.67 Å². The summed E-state index contributed by atoms with van der Waals surface area (Å²) < 4.78 is 13.8. The first-order valence-electron chi connectivity index (χ1n) is 11.7. The van der Waals surface area contributed by atoms with Gasteiger partial charge in [0, 0.05) is 16.8 Å². The molecule has 4 atom stereocenters. The van der Waals surface area contributed by atoms with Crippen molar-refractivity contribution in [2.75, 3.05) is 12.4 Å². The molecule has 0 aliphatic heterocycles. The molecule has 4 aromatic rings. The molecule has 4 fully saturated rings. The van der Waals surface area contributed by atoms with Crippen molar-refractivity contribution in [3.63, 3.8) is 0 Å². The van der Waals surface area contributed by atoms with E-state index in [9.17, 15) is 4.79 Å². The average Bonchev–Trinajstić information content (AvgIpc) is 3.46. The smallest absolute Gasteiger partial charge is 0.230 e. The highest BCUT2D eigenvalue weighted by Crippen LogP contribution is 2.64. The van der Waals surface area contributed by atoms with Crippen LogP contribution in [-0.2, 0) is 10.3 Å². The lowest BCUT2D eigenvalue weighted by atomic mass is 9.46. The Balaban J connectivity index is 1.26. The summed E-state index contributed by atoms with van der Waals surface area (Å²) in [5.74, 6) is 1.86. The van der Waals surface area contributed by atoms with Gasteiger partial charge in [0.1, 0.15) is 29.6 Å². The molecule has 4 aliphatic carbocycles. The highest BCUT2D eigenvalue weighted by Gasteiger charge is 2.61. The number of nitrogens with one attached hydrogen (secondary N) is 1. The number of amides is 1. The second-order valence-corrected chi connectivity index (χ2v) is 10.4. The lowest BCUT2D eigenvalue weighted by Crippen LogP contribution is -2.60. The standard InChI is InChI=1S/C26H26N4O3/c1-32-23-7-19-18-4-2-3-5-21(18)33-22(19)8-20(23)29-24(31)25-9-16-6-17(10-25)12-26(11-16,13-25)30-15-27-14-28-30/h2-5,7-8,14-17H,6,9-13H2,1H3,(H,29,31)/t16-,17+,25?,26?. The van der Waals surface area contributed by atoms with Gasteiger partial charge in [0.05, 0.1) is 23.8 Å². The van der Waals surface area contributed by atoms with E-state index in [1.54, 1.807) is 13.4 Å². The Morgan fingerprint density at radius 1 is 1.12 bits per heavy atom. The van der Waals surface area contributed by atoms with E-state index in [1.165, 1.54) is 6.42 Å². The molecular formula is C26H26N4O3. The third-order valence-electron chi connectivity index (χ3n) is 8.36. The molecule has 2 aromatic carbocycles. The minimum atomic E-state index is -0.385. The Morgan fingerprint density at radius 2 is 1.94 bits per heavy atom. The first-order valence-corrected chi connectivity index (χ1v) is 11.7. The van der Waals surface area contributed by atoms with Gasteiger partial charge in [0.25, 0.3) is 0 Å². The first kappa shape index (κ1) is 19.1. The summed E-state index contributed by atoms with van der Waals surface area (Å²) in [5, 5.41) is 9.78. The number of nitrogens with zero attached hydrogens (tertiary/aromatic N) is 3. The summed E-state index contributed by atoms with van der Waals surface area (Å²) in [4.78, 5) is 18.1. The largest absolute Gasteiger partial charge is 0.495 e. The van der Waals surface area contributed by atoms with Crippen molar-refractivity contribution in [1.29, 1.82) is 0 Å². The van der Waals surface area contributed by atoms with E-state index in [2.05, 4.69) is 15.4 Å². The van der Waals surface area contributed by atoms with Gasteiger partial charge in [-0.2, -0.15) is 5.10 Å². The average molecular weight is 443 g/mol. The van der Waals surface area contributed by atoms with Crippen molar-refractivity contribution in [1.82, 2.24) is 14.8 Å². The number of methoxy groups -OCH3 is 1. The van der Waals surface area contributed by atoms with Crippen molar-refractivity contribution in [3.05, 3.63) is 49.1 Å². The monoisotopic (exact) mass is 442 g/mol. The van der Waals surface area contributed by atoms with E-state index in [0.717, 1.165) is 54.0 Å². The maximum Gasteiger partial charge on any atom is 0.230 e. The molecule has 0 saturated heterocycles. The van der Waals surface area contributed by atoms with Crippen LogP contribution in [0.3, 0.4) is 0 Å². The zero-order chi connectivity index (χ0) is 22.2. The highest BCUT2D eigenvalue weighted by atomic mass is 16.5. The van der Waals surface area contributed by atoms with Gasteiger partial charge in [-0.15, -0.1) is 0 Å². The van der Waals surface area contributed by atoms with Crippen LogP contribution in [0.25, 0.3) is 21.9 Å². The summed E-state index contributed by atoms with van der Waals surface area (Å²) in [6.45, 7) is 0. The van der Waals surface area contributed by atoms with Crippen LogP contribution in [-0.4, -0.2) is 27.8 Å². The molecule has 2 aromatic heterocycles. The molecule has 0 radical (unpaired) electrons. The number of hydrogen-bond donors (Lipinski definition) is 1. The van der Waals surface area contributed by atoms with Crippen molar-refractivity contribution in [3.8, 4) is 5.75 Å². The van der Waals surface area contributed by atoms with Crippen LogP contribution in [0.4, 0.5) is 5.69 Å². The number of furan rings is 1. The van der Waals surface area contributed by atoms with Crippen LogP contribution >= 0.6 is 0 Å². The minimum absolute atomic E-state index is 0.0925. The van der Waals surface area contributed by atoms with Gasteiger partial charge in [-0.3, -0.25) is 4.79 Å². The Hall–Kier alpha value is -3.35. The van der Waals surface area contributed by atoms with Crippen LogP contribution in [0.1, 0.15) is 38.5 Å². The van der Waals surface area contributed by atoms with Gasteiger partial charge in [0.15, 0.2) is 0 Å². The number of para-hydroxylation sites is 1. The van der Waals surface area contributed by atoms with Crippen molar-refractivity contribution >= 4 is 33.5 Å². The molecule has 7 nitrogen and oxygen atoms in total. The Morgan fingerprint density at radius 3 is 2.70 bits per heavy atom. The lowest BCUT2D eigenvalue weighted by Gasteiger charge is -2.60. The molecule has 4 bridgehead atoms. The molecule has 0 spiro atoms. The quantitative estimate of drug-likeness (QED) is 0.474. The van der Waals surface area contributed by atoms with Crippen LogP contribution < -0.4 is 10.1 Å². The van der Waals surface area contributed by atoms with Crippen LogP contribution in [0.5, 0.6) is 5.75 Å². The molecule has 168 valence electrons. The Kier molecular flexibility index (Phi) is 3.82. The van der Waals surface area contributed by atoms with Gasteiger partial charge in [0.2, 0.25) is 5.91 Å². The SMILES string of the molecule is COc1cc2c(cc1NC(=O)C13C[C@H]4C[C@@H](C1)CC(n1cncn1)(C4)C3)oc1ccccc12. The maximum atomic E-state index is 13.9. The molecule has 1 amide bonds. The molecular weight excluding hydrogens is 416 g/mol. The molecule has 2 unspecified atom stereocenters. The minimum Gasteiger partial charge on any atom is -0.495 e. The third-order valence-corrected chi connectivity index (χ3v) is 8.36. The summed E-state index contributed by atoms with van der Waals surface area (Å²) in [5.41, 5.74) is 1.76. The second kappa shape index (κ2) is 6.59. The predicted octanol–water partition coefficient (Wildman–Crippen LogP) is 5.12. The van der Waals surface area contributed by atoms with E-state index in [4.69, 9.17) is 9.15 Å². The van der Waals surface area contributed by atoms with Crippen LogP contribution in [0.2, 0.25) is 0 Å². The molecule has 4 saturated carbocycles. The maximum absolute atomic E-state index is 13.9. The number of rotatable bonds is 4. The lowest BCUT2D eigenvalue weighted by molar-refractivity contribution is -0.150. The predicted molar refractivity (Wildman–Crippen MR) is 124 cm³/mol. The summed E-state index contributed by atoms with van der Waals surface area (Å²) in [7, 11) is 1.64. The molecule has 2 heterocycles. The van der Waals surface area contributed by atoms with E-state index in [1.807, 2.05) is 47.4 Å². The topological polar surface area (TPSA) is 82.2 Å². The van der Waals surface area contributed by atoms with Crippen LogP contribution in [0, 0.1) is 17.3 Å². The van der Waals surface area contributed by atoms with E-state index in [0.29, 0.717) is 23.3 Å². The van der Waals surface area contributed by atoms with Crippen LogP contribution in [0.15, 0.2) is 53.5 Å². The van der Waals surface area contributed by atoms with E-state index < -0.39 is 0 Å². The molecule has 1 N–H and O–H groups in total. The Labute approximate surface area is 191 Å². The normalized spacial score (nSPS) is 30.2.